The third-order valence-electron chi connectivity index (χ3n) is 4.29. The van der Waals surface area contributed by atoms with Crippen molar-refractivity contribution < 1.29 is 14.0 Å². The summed E-state index contributed by atoms with van der Waals surface area (Å²) in [6.07, 6.45) is 6.67. The maximum absolute atomic E-state index is 12.9. The van der Waals surface area contributed by atoms with Crippen LogP contribution in [0.15, 0.2) is 60.7 Å². The van der Waals surface area contributed by atoms with Crippen LogP contribution < -0.4 is 5.32 Å². The van der Waals surface area contributed by atoms with Crippen LogP contribution in [0.2, 0.25) is 0 Å². The van der Waals surface area contributed by atoms with Gasteiger partial charge in [-0.2, -0.15) is 0 Å². The molecule has 142 valence electrons. The number of rotatable bonds is 12. The Kier molecular flexibility index (Phi) is 8.90. The molecule has 4 nitrogen and oxygen atoms in total. The van der Waals surface area contributed by atoms with Crippen LogP contribution in [-0.4, -0.2) is 11.5 Å². The lowest BCUT2D eigenvalue weighted by molar-refractivity contribution is 0.247. The van der Waals surface area contributed by atoms with Crippen LogP contribution in [0.3, 0.4) is 0 Å². The average molecular weight is 375 g/mol. The van der Waals surface area contributed by atoms with E-state index < -0.39 is 13.4 Å². The van der Waals surface area contributed by atoms with Crippen molar-refractivity contribution in [3.05, 3.63) is 66.2 Å². The summed E-state index contributed by atoms with van der Waals surface area (Å²) in [6, 6.07) is 18.8. The second-order valence-electron chi connectivity index (χ2n) is 6.49. The molecule has 0 saturated carbocycles. The maximum Gasteiger partial charge on any atom is 0.354 e. The van der Waals surface area contributed by atoms with Gasteiger partial charge >= 0.3 is 7.60 Å². The SMILES string of the molecule is CCCCCCCCOP(=O)(O)C(Nc1ccccc1)c1ccccc1. The summed E-state index contributed by atoms with van der Waals surface area (Å²) in [7, 11) is -3.86. The minimum atomic E-state index is -3.86. The van der Waals surface area contributed by atoms with Crippen LogP contribution in [0.5, 0.6) is 0 Å². The Labute approximate surface area is 157 Å². The summed E-state index contributed by atoms with van der Waals surface area (Å²) in [5.74, 6) is -0.786. The Morgan fingerprint density at radius 3 is 2.15 bits per heavy atom. The standard InChI is InChI=1S/C21H30NO3P/c1-2-3-4-5-6-13-18-25-26(23,24)21(19-14-9-7-10-15-19)22-20-16-11-8-12-17-20/h7-12,14-17,21-22H,2-6,13,18H2,1H3,(H,23,24). The molecule has 0 fully saturated rings. The average Bonchev–Trinajstić information content (AvgIpc) is 2.67. The van der Waals surface area contributed by atoms with Crippen LogP contribution in [0, 0.1) is 0 Å². The number of para-hydroxylation sites is 1. The molecule has 0 aliphatic carbocycles. The van der Waals surface area contributed by atoms with Crippen molar-refractivity contribution in [1.29, 1.82) is 0 Å². The summed E-state index contributed by atoms with van der Waals surface area (Å²) in [6.45, 7) is 2.49. The Morgan fingerprint density at radius 2 is 1.50 bits per heavy atom. The van der Waals surface area contributed by atoms with Gasteiger partial charge in [0.2, 0.25) is 0 Å². The summed E-state index contributed by atoms with van der Waals surface area (Å²) < 4.78 is 18.4. The highest BCUT2D eigenvalue weighted by Crippen LogP contribution is 2.56. The number of anilines is 1. The fourth-order valence-corrected chi connectivity index (χ4v) is 4.23. The number of hydrogen-bond acceptors (Lipinski definition) is 3. The fourth-order valence-electron chi connectivity index (χ4n) is 2.83. The molecule has 0 spiro atoms. The van der Waals surface area contributed by atoms with Crippen LogP contribution in [0.1, 0.15) is 56.8 Å². The van der Waals surface area contributed by atoms with Gasteiger partial charge in [0.25, 0.3) is 0 Å². The van der Waals surface area contributed by atoms with Gasteiger partial charge in [-0.1, -0.05) is 87.6 Å². The van der Waals surface area contributed by atoms with E-state index in [-0.39, 0.29) is 0 Å². The molecule has 2 N–H and O–H groups in total. The molecular weight excluding hydrogens is 345 g/mol. The fraction of sp³-hybridized carbons (Fsp3) is 0.429. The van der Waals surface area contributed by atoms with E-state index in [1.165, 1.54) is 19.3 Å². The Balaban J connectivity index is 1.98. The van der Waals surface area contributed by atoms with Crippen molar-refractivity contribution in [2.75, 3.05) is 11.9 Å². The minimum absolute atomic E-state index is 0.305. The van der Waals surface area contributed by atoms with Crippen molar-refractivity contribution in [3.63, 3.8) is 0 Å². The molecule has 0 aromatic heterocycles. The minimum Gasteiger partial charge on any atom is -0.368 e. The number of nitrogens with one attached hydrogen (secondary N) is 1. The van der Waals surface area contributed by atoms with E-state index in [1.54, 1.807) is 0 Å². The van der Waals surface area contributed by atoms with Gasteiger partial charge in [-0.3, -0.25) is 4.57 Å². The van der Waals surface area contributed by atoms with E-state index in [2.05, 4.69) is 12.2 Å². The zero-order chi connectivity index (χ0) is 18.7. The molecule has 2 rings (SSSR count). The molecule has 5 heteroatoms. The summed E-state index contributed by atoms with van der Waals surface area (Å²) in [5, 5.41) is 3.17. The number of unbranched alkanes of at least 4 members (excludes halogenated alkanes) is 5. The van der Waals surface area contributed by atoms with Crippen molar-refractivity contribution in [1.82, 2.24) is 0 Å². The second kappa shape index (κ2) is 11.2. The van der Waals surface area contributed by atoms with Gasteiger partial charge in [0.05, 0.1) is 6.61 Å². The molecule has 0 saturated heterocycles. The molecule has 0 bridgehead atoms. The number of benzene rings is 2. The van der Waals surface area contributed by atoms with Crippen LogP contribution >= 0.6 is 7.60 Å². The molecule has 0 aliphatic heterocycles. The van der Waals surface area contributed by atoms with Gasteiger partial charge in [0.1, 0.15) is 0 Å². The van der Waals surface area contributed by atoms with E-state index in [1.807, 2.05) is 60.7 Å². The highest BCUT2D eigenvalue weighted by Gasteiger charge is 2.33. The molecule has 0 aliphatic rings. The zero-order valence-corrected chi connectivity index (χ0v) is 16.4. The van der Waals surface area contributed by atoms with Crippen LogP contribution in [0.4, 0.5) is 5.69 Å². The summed E-state index contributed by atoms with van der Waals surface area (Å²) >= 11 is 0. The molecule has 2 aromatic rings. The molecule has 0 heterocycles. The first-order valence-corrected chi connectivity index (χ1v) is 11.1. The first kappa shape index (κ1) is 20.7. The molecule has 0 amide bonds. The summed E-state index contributed by atoms with van der Waals surface area (Å²) in [4.78, 5) is 10.6. The van der Waals surface area contributed by atoms with Gasteiger partial charge in [0.15, 0.2) is 5.78 Å². The third kappa shape index (κ3) is 6.95. The molecule has 26 heavy (non-hydrogen) atoms. The maximum atomic E-state index is 12.9. The van der Waals surface area contributed by atoms with E-state index in [4.69, 9.17) is 4.52 Å². The topological polar surface area (TPSA) is 58.6 Å². The van der Waals surface area contributed by atoms with E-state index >= 15 is 0 Å². The second-order valence-corrected chi connectivity index (χ2v) is 8.39. The Morgan fingerprint density at radius 1 is 0.923 bits per heavy atom. The van der Waals surface area contributed by atoms with Crippen molar-refractivity contribution in [2.45, 2.75) is 51.2 Å². The van der Waals surface area contributed by atoms with Gasteiger partial charge in [-0.15, -0.1) is 0 Å². The highest BCUT2D eigenvalue weighted by atomic mass is 31.2. The van der Waals surface area contributed by atoms with E-state index in [0.717, 1.165) is 30.5 Å². The smallest absolute Gasteiger partial charge is 0.354 e. The first-order chi connectivity index (χ1) is 12.6. The molecule has 2 unspecified atom stereocenters. The van der Waals surface area contributed by atoms with Crippen LogP contribution in [0.25, 0.3) is 0 Å². The number of hydrogen-bond donors (Lipinski definition) is 2. The van der Waals surface area contributed by atoms with E-state index in [9.17, 15) is 9.46 Å². The molecule has 2 aromatic carbocycles. The van der Waals surface area contributed by atoms with Crippen molar-refractivity contribution in [2.24, 2.45) is 0 Å². The normalized spacial score (nSPS) is 14.5. The lowest BCUT2D eigenvalue weighted by Gasteiger charge is -2.25. The Bertz CT molecular complexity index is 663. The summed E-state index contributed by atoms with van der Waals surface area (Å²) in [5.41, 5.74) is 1.53. The van der Waals surface area contributed by atoms with Gasteiger partial charge in [-0.05, 0) is 24.1 Å². The van der Waals surface area contributed by atoms with Crippen molar-refractivity contribution >= 4 is 13.3 Å². The monoisotopic (exact) mass is 375 g/mol. The zero-order valence-electron chi connectivity index (χ0n) is 15.5. The van der Waals surface area contributed by atoms with Gasteiger partial charge < -0.3 is 14.7 Å². The van der Waals surface area contributed by atoms with Gasteiger partial charge in [0, 0.05) is 5.69 Å². The lowest BCUT2D eigenvalue weighted by Crippen LogP contribution is -2.13. The van der Waals surface area contributed by atoms with Crippen LogP contribution in [-0.2, 0) is 9.09 Å². The highest BCUT2D eigenvalue weighted by molar-refractivity contribution is 7.53. The molecular formula is C21H30NO3P. The predicted octanol–water partition coefficient (Wildman–Crippen LogP) is 6.36. The molecule has 0 radical (unpaired) electrons. The first-order valence-electron chi connectivity index (χ1n) is 9.47. The van der Waals surface area contributed by atoms with Crippen molar-refractivity contribution in [3.8, 4) is 0 Å². The largest absolute Gasteiger partial charge is 0.368 e. The lowest BCUT2D eigenvalue weighted by atomic mass is 10.1. The predicted molar refractivity (Wildman–Crippen MR) is 108 cm³/mol. The van der Waals surface area contributed by atoms with Gasteiger partial charge in [-0.25, -0.2) is 0 Å². The molecule has 2 atom stereocenters. The Hall–Kier alpha value is -1.61. The quantitative estimate of drug-likeness (QED) is 0.335. The van der Waals surface area contributed by atoms with E-state index in [0.29, 0.717) is 6.61 Å². The third-order valence-corrected chi connectivity index (χ3v) is 5.93.